The summed E-state index contributed by atoms with van der Waals surface area (Å²) in [6, 6.07) is 7.66. The summed E-state index contributed by atoms with van der Waals surface area (Å²) in [6.45, 7) is 0.724. The van der Waals surface area contributed by atoms with Crippen molar-refractivity contribution >= 4 is 44.5 Å². The minimum absolute atomic E-state index is 0.0428. The molecule has 2 aromatic rings. The van der Waals surface area contributed by atoms with Gasteiger partial charge in [-0.15, -0.1) is 11.3 Å². The van der Waals surface area contributed by atoms with Crippen molar-refractivity contribution < 1.29 is 4.79 Å². The van der Waals surface area contributed by atoms with Gasteiger partial charge in [0.1, 0.15) is 4.88 Å². The third kappa shape index (κ3) is 1.83. The molecule has 92 valence electrons. The standard InChI is InChI=1S/C13H11BrN2OS/c14-10-4-6-18-12(10)13(17)16-5-3-8-1-2-9(15)7-11(8)16/h1-2,4,6-7H,3,5,15H2. The number of benzene rings is 1. The van der Waals surface area contributed by atoms with Crippen LogP contribution in [-0.4, -0.2) is 12.5 Å². The van der Waals surface area contributed by atoms with Crippen LogP contribution >= 0.6 is 27.3 Å². The fraction of sp³-hybridized carbons (Fsp3) is 0.154. The summed E-state index contributed by atoms with van der Waals surface area (Å²) in [5.41, 5.74) is 8.62. The second kappa shape index (κ2) is 4.40. The third-order valence-electron chi connectivity index (χ3n) is 3.06. The lowest BCUT2D eigenvalue weighted by atomic mass is 10.1. The van der Waals surface area contributed by atoms with Gasteiger partial charge in [-0.05, 0) is 51.5 Å². The van der Waals surface area contributed by atoms with E-state index in [-0.39, 0.29) is 5.91 Å². The van der Waals surface area contributed by atoms with Gasteiger partial charge in [-0.25, -0.2) is 0 Å². The van der Waals surface area contributed by atoms with Crippen molar-refractivity contribution in [2.45, 2.75) is 6.42 Å². The number of amides is 1. The highest BCUT2D eigenvalue weighted by Gasteiger charge is 2.27. The molecular formula is C13H11BrN2OS. The molecule has 3 nitrogen and oxygen atoms in total. The average Bonchev–Trinajstić information content (AvgIpc) is 2.94. The van der Waals surface area contributed by atoms with E-state index in [1.54, 1.807) is 0 Å². The lowest BCUT2D eigenvalue weighted by molar-refractivity contribution is 0.0992. The van der Waals surface area contributed by atoms with Crippen LogP contribution in [0.25, 0.3) is 0 Å². The summed E-state index contributed by atoms with van der Waals surface area (Å²) in [6.07, 6.45) is 0.893. The Morgan fingerprint density at radius 2 is 2.22 bits per heavy atom. The number of fused-ring (bicyclic) bond motifs is 1. The molecule has 2 N–H and O–H groups in total. The minimum atomic E-state index is 0.0428. The van der Waals surface area contributed by atoms with Crippen LogP contribution in [0.5, 0.6) is 0 Å². The van der Waals surface area contributed by atoms with Crippen molar-refractivity contribution in [1.29, 1.82) is 0 Å². The fourth-order valence-corrected chi connectivity index (χ4v) is 3.67. The van der Waals surface area contributed by atoms with Crippen LogP contribution in [0.15, 0.2) is 34.1 Å². The molecule has 0 saturated carbocycles. The van der Waals surface area contributed by atoms with Gasteiger partial charge in [0, 0.05) is 22.4 Å². The first-order valence-corrected chi connectivity index (χ1v) is 7.27. The number of rotatable bonds is 1. The number of halogens is 1. The summed E-state index contributed by atoms with van der Waals surface area (Å²) in [5, 5.41) is 1.91. The fourth-order valence-electron chi connectivity index (χ4n) is 2.18. The van der Waals surface area contributed by atoms with Gasteiger partial charge in [-0.3, -0.25) is 4.79 Å². The predicted molar refractivity (Wildman–Crippen MR) is 78.3 cm³/mol. The number of carbonyl (C=O) groups is 1. The number of nitrogens with two attached hydrogens (primary N) is 1. The van der Waals surface area contributed by atoms with E-state index in [0.717, 1.165) is 28.0 Å². The van der Waals surface area contributed by atoms with Crippen LogP contribution in [0.2, 0.25) is 0 Å². The van der Waals surface area contributed by atoms with Gasteiger partial charge >= 0.3 is 0 Å². The summed E-state index contributed by atoms with van der Waals surface area (Å²) in [7, 11) is 0. The van der Waals surface area contributed by atoms with Gasteiger partial charge in [-0.1, -0.05) is 6.07 Å². The Morgan fingerprint density at radius 1 is 1.39 bits per heavy atom. The zero-order chi connectivity index (χ0) is 12.7. The van der Waals surface area contributed by atoms with Crippen molar-refractivity contribution in [1.82, 2.24) is 0 Å². The third-order valence-corrected chi connectivity index (χ3v) is 4.89. The van der Waals surface area contributed by atoms with Crippen LogP contribution in [0.1, 0.15) is 15.2 Å². The highest BCUT2D eigenvalue weighted by molar-refractivity contribution is 9.10. The van der Waals surface area contributed by atoms with Crippen molar-refractivity contribution in [2.24, 2.45) is 0 Å². The first-order valence-electron chi connectivity index (χ1n) is 5.60. The molecule has 1 aromatic carbocycles. The minimum Gasteiger partial charge on any atom is -0.399 e. The van der Waals surface area contributed by atoms with Gasteiger partial charge in [0.15, 0.2) is 0 Å². The zero-order valence-corrected chi connectivity index (χ0v) is 11.9. The molecule has 1 aliphatic rings. The Morgan fingerprint density at radius 3 is 2.94 bits per heavy atom. The predicted octanol–water partition coefficient (Wildman–Crippen LogP) is 3.30. The van der Waals surface area contributed by atoms with Gasteiger partial charge in [-0.2, -0.15) is 0 Å². The monoisotopic (exact) mass is 322 g/mol. The topological polar surface area (TPSA) is 46.3 Å². The molecule has 18 heavy (non-hydrogen) atoms. The van der Waals surface area contributed by atoms with E-state index in [1.807, 2.05) is 34.5 Å². The van der Waals surface area contributed by atoms with E-state index >= 15 is 0 Å². The Labute approximate surface area is 117 Å². The molecule has 0 bridgehead atoms. The maximum atomic E-state index is 12.5. The molecule has 1 aliphatic heterocycles. The quantitative estimate of drug-likeness (QED) is 0.819. The molecule has 0 atom stereocenters. The second-order valence-electron chi connectivity index (χ2n) is 4.19. The highest BCUT2D eigenvalue weighted by atomic mass is 79.9. The summed E-state index contributed by atoms with van der Waals surface area (Å²) < 4.78 is 0.856. The van der Waals surface area contributed by atoms with E-state index in [2.05, 4.69) is 15.9 Å². The summed E-state index contributed by atoms with van der Waals surface area (Å²) >= 11 is 4.86. The van der Waals surface area contributed by atoms with Crippen LogP contribution in [0, 0.1) is 0 Å². The number of anilines is 2. The van der Waals surface area contributed by atoms with Gasteiger partial charge in [0.25, 0.3) is 5.91 Å². The Bertz CT molecular complexity index is 623. The molecule has 0 aliphatic carbocycles. The first-order chi connectivity index (χ1) is 8.66. The SMILES string of the molecule is Nc1ccc2c(c1)N(C(=O)c1sccc1Br)CC2. The maximum absolute atomic E-state index is 12.5. The summed E-state index contributed by atoms with van der Waals surface area (Å²) in [4.78, 5) is 15.0. The van der Waals surface area contributed by atoms with Crippen molar-refractivity contribution in [3.63, 3.8) is 0 Å². The molecule has 0 radical (unpaired) electrons. The zero-order valence-electron chi connectivity index (χ0n) is 9.52. The molecule has 1 amide bonds. The molecule has 0 saturated heterocycles. The van der Waals surface area contributed by atoms with E-state index in [1.165, 1.54) is 16.9 Å². The van der Waals surface area contributed by atoms with Crippen molar-refractivity contribution in [2.75, 3.05) is 17.2 Å². The van der Waals surface area contributed by atoms with Gasteiger partial charge < -0.3 is 10.6 Å². The lowest BCUT2D eigenvalue weighted by Crippen LogP contribution is -2.28. The number of carbonyl (C=O) groups excluding carboxylic acids is 1. The Kier molecular flexibility index (Phi) is 2.87. The highest BCUT2D eigenvalue weighted by Crippen LogP contribution is 2.33. The molecule has 1 aromatic heterocycles. The average molecular weight is 323 g/mol. The first kappa shape index (κ1) is 11.7. The van der Waals surface area contributed by atoms with E-state index in [9.17, 15) is 4.79 Å². The normalized spacial score (nSPS) is 13.7. The van der Waals surface area contributed by atoms with Gasteiger partial charge in [0.2, 0.25) is 0 Å². The van der Waals surface area contributed by atoms with Crippen LogP contribution in [-0.2, 0) is 6.42 Å². The van der Waals surface area contributed by atoms with Gasteiger partial charge in [0.05, 0.1) is 0 Å². The van der Waals surface area contributed by atoms with Crippen molar-refractivity contribution in [3.8, 4) is 0 Å². The number of nitrogens with zero attached hydrogens (tertiary/aromatic N) is 1. The van der Waals surface area contributed by atoms with Crippen molar-refractivity contribution in [3.05, 3.63) is 44.6 Å². The smallest absolute Gasteiger partial charge is 0.269 e. The molecule has 0 fully saturated rings. The number of hydrogen-bond acceptors (Lipinski definition) is 3. The van der Waals surface area contributed by atoms with E-state index in [0.29, 0.717) is 5.69 Å². The number of nitrogen functional groups attached to an aromatic ring is 1. The lowest BCUT2D eigenvalue weighted by Gasteiger charge is -2.17. The maximum Gasteiger partial charge on any atom is 0.269 e. The van der Waals surface area contributed by atoms with E-state index in [4.69, 9.17) is 5.73 Å². The molecule has 3 rings (SSSR count). The second-order valence-corrected chi connectivity index (χ2v) is 5.96. The molecule has 5 heteroatoms. The van der Waals surface area contributed by atoms with Crippen LogP contribution in [0.4, 0.5) is 11.4 Å². The number of hydrogen-bond donors (Lipinski definition) is 1. The largest absolute Gasteiger partial charge is 0.399 e. The molecular weight excluding hydrogens is 312 g/mol. The molecule has 0 spiro atoms. The Balaban J connectivity index is 2.00. The van der Waals surface area contributed by atoms with Crippen LogP contribution in [0.3, 0.4) is 0 Å². The Hall–Kier alpha value is -1.33. The van der Waals surface area contributed by atoms with E-state index < -0.39 is 0 Å². The summed E-state index contributed by atoms with van der Waals surface area (Å²) in [5.74, 6) is 0.0428. The molecule has 2 heterocycles. The molecule has 0 unspecified atom stereocenters. The van der Waals surface area contributed by atoms with Crippen LogP contribution < -0.4 is 10.6 Å². The number of thiophene rings is 1.